The number of carbonyl (C=O) groups is 1. The van der Waals surface area contributed by atoms with E-state index < -0.39 is 0 Å². The first-order valence-electron chi connectivity index (χ1n) is 7.57. The van der Waals surface area contributed by atoms with Gasteiger partial charge in [-0.05, 0) is 66.7 Å². The van der Waals surface area contributed by atoms with Crippen LogP contribution in [0.25, 0.3) is 11.6 Å². The number of hydrogen-bond donors (Lipinski definition) is 0. The highest BCUT2D eigenvalue weighted by Gasteiger charge is 2.15. The monoisotopic (exact) mass is 293 g/mol. The molecule has 0 amide bonds. The van der Waals surface area contributed by atoms with E-state index in [1.54, 1.807) is 0 Å². The molecule has 0 fully saturated rings. The van der Waals surface area contributed by atoms with Gasteiger partial charge in [0, 0.05) is 13.1 Å². The second-order valence-electron chi connectivity index (χ2n) is 5.71. The molecule has 0 aliphatic heterocycles. The summed E-state index contributed by atoms with van der Waals surface area (Å²) in [7, 11) is 0. The number of allylic oxidation sites excluding steroid dienone is 1. The predicted octanol–water partition coefficient (Wildman–Crippen LogP) is 4.19. The Morgan fingerprint density at radius 1 is 1.23 bits per heavy atom. The van der Waals surface area contributed by atoms with E-state index in [9.17, 15) is 4.79 Å². The van der Waals surface area contributed by atoms with Crippen molar-refractivity contribution in [2.45, 2.75) is 33.1 Å². The number of pyridine rings is 1. The van der Waals surface area contributed by atoms with E-state index >= 15 is 0 Å². The molecule has 1 aliphatic carbocycles. The number of aromatic nitrogens is 1. The number of ether oxygens (including phenoxy) is 1. The van der Waals surface area contributed by atoms with Crippen LogP contribution in [-0.2, 0) is 11.2 Å². The summed E-state index contributed by atoms with van der Waals surface area (Å²) >= 11 is 0. The van der Waals surface area contributed by atoms with Crippen molar-refractivity contribution < 1.29 is 9.53 Å². The Morgan fingerprint density at radius 2 is 2.00 bits per heavy atom. The SMILES string of the molecule is CC(=O)Oc1ccc(/C=C2\CCCc3cc(C)cnc32)cc1. The quantitative estimate of drug-likeness (QED) is 0.615. The topological polar surface area (TPSA) is 39.2 Å². The van der Waals surface area contributed by atoms with E-state index in [1.165, 1.54) is 23.6 Å². The molecule has 0 spiro atoms. The molecule has 1 heterocycles. The van der Waals surface area contributed by atoms with Crippen LogP contribution in [0.3, 0.4) is 0 Å². The van der Waals surface area contributed by atoms with Crippen LogP contribution < -0.4 is 4.74 Å². The minimum atomic E-state index is -0.299. The van der Waals surface area contributed by atoms with Crippen molar-refractivity contribution in [2.75, 3.05) is 0 Å². The Bertz CT molecular complexity index is 730. The summed E-state index contributed by atoms with van der Waals surface area (Å²) in [6.45, 7) is 3.49. The molecular weight excluding hydrogens is 274 g/mol. The van der Waals surface area contributed by atoms with Crippen molar-refractivity contribution in [3.63, 3.8) is 0 Å². The van der Waals surface area contributed by atoms with Gasteiger partial charge in [-0.2, -0.15) is 0 Å². The number of fused-ring (bicyclic) bond motifs is 1. The van der Waals surface area contributed by atoms with Gasteiger partial charge in [0.2, 0.25) is 0 Å². The fourth-order valence-corrected chi connectivity index (χ4v) is 2.84. The Kier molecular flexibility index (Phi) is 4.05. The van der Waals surface area contributed by atoms with Gasteiger partial charge in [0.05, 0.1) is 5.69 Å². The van der Waals surface area contributed by atoms with Crippen molar-refractivity contribution >= 4 is 17.6 Å². The average Bonchev–Trinajstić information content (AvgIpc) is 2.48. The summed E-state index contributed by atoms with van der Waals surface area (Å²) in [6, 6.07) is 9.81. The minimum absolute atomic E-state index is 0.299. The number of nitrogens with zero attached hydrogens (tertiary/aromatic N) is 1. The first-order chi connectivity index (χ1) is 10.6. The highest BCUT2D eigenvalue weighted by molar-refractivity contribution is 5.82. The van der Waals surface area contributed by atoms with Crippen LogP contribution in [0.15, 0.2) is 36.5 Å². The van der Waals surface area contributed by atoms with Crippen LogP contribution in [0.2, 0.25) is 0 Å². The molecule has 3 nitrogen and oxygen atoms in total. The van der Waals surface area contributed by atoms with E-state index in [4.69, 9.17) is 4.74 Å². The maximum atomic E-state index is 10.9. The van der Waals surface area contributed by atoms with E-state index in [-0.39, 0.29) is 5.97 Å². The van der Waals surface area contributed by atoms with Crippen molar-refractivity contribution in [3.8, 4) is 5.75 Å². The van der Waals surface area contributed by atoms with E-state index in [0.29, 0.717) is 5.75 Å². The standard InChI is InChI=1S/C19H19NO2/c1-13-10-16-4-3-5-17(19(16)20-12-13)11-15-6-8-18(9-7-15)22-14(2)21/h6-12H,3-5H2,1-2H3/b17-11+. The molecule has 0 saturated heterocycles. The largest absolute Gasteiger partial charge is 0.427 e. The molecule has 2 aromatic rings. The maximum Gasteiger partial charge on any atom is 0.308 e. The van der Waals surface area contributed by atoms with Crippen LogP contribution in [-0.4, -0.2) is 11.0 Å². The average molecular weight is 293 g/mol. The third kappa shape index (κ3) is 3.25. The fourth-order valence-electron chi connectivity index (χ4n) is 2.84. The van der Waals surface area contributed by atoms with Crippen molar-refractivity contribution in [2.24, 2.45) is 0 Å². The van der Waals surface area contributed by atoms with Gasteiger partial charge in [0.25, 0.3) is 0 Å². The van der Waals surface area contributed by atoms with Crippen molar-refractivity contribution in [1.82, 2.24) is 4.98 Å². The molecule has 1 aromatic heterocycles. The summed E-state index contributed by atoms with van der Waals surface area (Å²) in [5.41, 5.74) is 6.06. The Labute approximate surface area is 130 Å². The maximum absolute atomic E-state index is 10.9. The molecule has 3 rings (SSSR count). The lowest BCUT2D eigenvalue weighted by Crippen LogP contribution is -2.04. The van der Waals surface area contributed by atoms with Crippen LogP contribution in [0.5, 0.6) is 5.75 Å². The molecule has 0 bridgehead atoms. The van der Waals surface area contributed by atoms with E-state index in [2.05, 4.69) is 24.1 Å². The zero-order chi connectivity index (χ0) is 15.5. The second-order valence-corrected chi connectivity index (χ2v) is 5.71. The zero-order valence-corrected chi connectivity index (χ0v) is 12.9. The first kappa shape index (κ1) is 14.5. The molecular formula is C19H19NO2. The Morgan fingerprint density at radius 3 is 2.73 bits per heavy atom. The van der Waals surface area contributed by atoms with Crippen LogP contribution in [0, 0.1) is 6.92 Å². The lowest BCUT2D eigenvalue weighted by Gasteiger charge is -2.18. The summed E-state index contributed by atoms with van der Waals surface area (Å²) in [6.07, 6.45) is 7.43. The summed E-state index contributed by atoms with van der Waals surface area (Å²) in [5.74, 6) is 0.277. The number of esters is 1. The molecule has 0 saturated carbocycles. The minimum Gasteiger partial charge on any atom is -0.427 e. The molecule has 22 heavy (non-hydrogen) atoms. The third-order valence-electron chi connectivity index (χ3n) is 3.78. The normalized spacial score (nSPS) is 15.5. The van der Waals surface area contributed by atoms with Crippen LogP contribution >= 0.6 is 0 Å². The number of hydrogen-bond acceptors (Lipinski definition) is 3. The highest BCUT2D eigenvalue weighted by atomic mass is 16.5. The zero-order valence-electron chi connectivity index (χ0n) is 12.9. The molecule has 1 aliphatic rings. The van der Waals surface area contributed by atoms with E-state index in [0.717, 1.165) is 30.5 Å². The summed E-state index contributed by atoms with van der Waals surface area (Å²) in [4.78, 5) is 15.6. The lowest BCUT2D eigenvalue weighted by atomic mass is 9.89. The number of aryl methyl sites for hydroxylation is 2. The fraction of sp³-hybridized carbons (Fsp3) is 0.263. The molecule has 0 N–H and O–H groups in total. The van der Waals surface area contributed by atoms with Gasteiger partial charge in [-0.15, -0.1) is 0 Å². The predicted molar refractivity (Wildman–Crippen MR) is 87.5 cm³/mol. The molecule has 112 valence electrons. The van der Waals surface area contributed by atoms with Crippen LogP contribution in [0.1, 0.15) is 42.1 Å². The lowest BCUT2D eigenvalue weighted by molar-refractivity contribution is -0.131. The molecule has 1 aromatic carbocycles. The second kappa shape index (κ2) is 6.14. The smallest absolute Gasteiger partial charge is 0.308 e. The van der Waals surface area contributed by atoms with Gasteiger partial charge in [-0.1, -0.05) is 18.2 Å². The summed E-state index contributed by atoms with van der Waals surface area (Å²) in [5, 5.41) is 0. The molecule has 3 heteroatoms. The summed E-state index contributed by atoms with van der Waals surface area (Å²) < 4.78 is 5.06. The number of carbonyl (C=O) groups excluding carboxylic acids is 1. The van der Waals surface area contributed by atoms with Crippen LogP contribution in [0.4, 0.5) is 0 Å². The number of rotatable bonds is 2. The Balaban J connectivity index is 1.88. The van der Waals surface area contributed by atoms with Gasteiger partial charge >= 0.3 is 5.97 Å². The molecule has 0 radical (unpaired) electrons. The van der Waals surface area contributed by atoms with Crippen molar-refractivity contribution in [3.05, 3.63) is 58.9 Å². The van der Waals surface area contributed by atoms with Gasteiger partial charge < -0.3 is 4.74 Å². The molecule has 0 unspecified atom stereocenters. The van der Waals surface area contributed by atoms with Gasteiger partial charge in [-0.3, -0.25) is 9.78 Å². The molecule has 0 atom stereocenters. The highest BCUT2D eigenvalue weighted by Crippen LogP contribution is 2.31. The van der Waals surface area contributed by atoms with Gasteiger partial charge in [0.1, 0.15) is 5.75 Å². The van der Waals surface area contributed by atoms with E-state index in [1.807, 2.05) is 30.5 Å². The number of benzene rings is 1. The Hall–Kier alpha value is -2.42. The van der Waals surface area contributed by atoms with Crippen molar-refractivity contribution in [1.29, 1.82) is 0 Å². The third-order valence-corrected chi connectivity index (χ3v) is 3.78. The van der Waals surface area contributed by atoms with Gasteiger partial charge in [-0.25, -0.2) is 0 Å². The van der Waals surface area contributed by atoms with Gasteiger partial charge in [0.15, 0.2) is 0 Å². The first-order valence-corrected chi connectivity index (χ1v) is 7.57.